The zero-order valence-corrected chi connectivity index (χ0v) is 20.0. The first-order chi connectivity index (χ1) is 16.5. The van der Waals surface area contributed by atoms with Gasteiger partial charge in [0.1, 0.15) is 18.5 Å². The van der Waals surface area contributed by atoms with Crippen LogP contribution < -0.4 is 9.30 Å². The Morgan fingerprint density at radius 3 is 2.40 bits per heavy atom. The van der Waals surface area contributed by atoms with Gasteiger partial charge in [0, 0.05) is 11.5 Å². The maximum Gasteiger partial charge on any atom is 0.394 e. The van der Waals surface area contributed by atoms with Gasteiger partial charge >= 0.3 is 6.18 Å². The molecule has 5 heteroatoms. The fourth-order valence-electron chi connectivity index (χ4n) is 5.37. The summed E-state index contributed by atoms with van der Waals surface area (Å²) >= 11 is 0. The summed E-state index contributed by atoms with van der Waals surface area (Å²) in [5, 5.41) is 6.11. The number of nitrogens with zero attached hydrogens (tertiary/aromatic N) is 1. The quantitative estimate of drug-likeness (QED) is 0.183. The third-order valence-electron chi connectivity index (χ3n) is 7.39. The monoisotopic (exact) mass is 472 g/mol. The zero-order chi connectivity index (χ0) is 24.7. The molecule has 1 aromatic heterocycles. The van der Waals surface area contributed by atoms with Gasteiger partial charge in [-0.2, -0.15) is 13.2 Å². The maximum absolute atomic E-state index is 13.5. The van der Waals surface area contributed by atoms with Gasteiger partial charge in [-0.05, 0) is 58.1 Å². The Labute approximate surface area is 201 Å². The van der Waals surface area contributed by atoms with Gasteiger partial charge in [-0.3, -0.25) is 0 Å². The summed E-state index contributed by atoms with van der Waals surface area (Å²) in [7, 11) is 2.04. The minimum absolute atomic E-state index is 0.0797. The van der Waals surface area contributed by atoms with Crippen LogP contribution in [-0.2, 0) is 13.5 Å². The SMILES string of the molecule is Cc1c2c(cc3ccccc13)Oc1c3ccc(CC(C)(C)C(F)(F)F)cc3cc3cc[n+](C)c-2c13. The number of pyridine rings is 1. The number of fused-ring (bicyclic) bond motifs is 5. The molecule has 0 aliphatic carbocycles. The van der Waals surface area contributed by atoms with Crippen molar-refractivity contribution in [3.8, 4) is 22.8 Å². The lowest BCUT2D eigenvalue weighted by molar-refractivity contribution is -0.659. The molecule has 0 saturated heterocycles. The molecule has 0 bridgehead atoms. The van der Waals surface area contributed by atoms with E-state index in [-0.39, 0.29) is 6.42 Å². The Bertz CT molecular complexity index is 1680. The topological polar surface area (TPSA) is 13.1 Å². The molecule has 0 unspecified atom stereocenters. The molecule has 1 aliphatic rings. The van der Waals surface area contributed by atoms with Crippen molar-refractivity contribution >= 4 is 32.3 Å². The molecule has 4 aromatic carbocycles. The Morgan fingerprint density at radius 1 is 0.857 bits per heavy atom. The van der Waals surface area contributed by atoms with Crippen molar-refractivity contribution in [2.45, 2.75) is 33.4 Å². The van der Waals surface area contributed by atoms with E-state index in [1.807, 2.05) is 43.6 Å². The molecule has 2 nitrogen and oxygen atoms in total. The van der Waals surface area contributed by atoms with Crippen LogP contribution in [0.5, 0.6) is 11.5 Å². The molecule has 176 valence electrons. The highest BCUT2D eigenvalue weighted by Gasteiger charge is 2.47. The average molecular weight is 473 g/mol. The Balaban J connectivity index is 1.62. The predicted molar refractivity (Wildman–Crippen MR) is 134 cm³/mol. The molecule has 6 rings (SSSR count). The molecule has 0 atom stereocenters. The number of halogens is 3. The lowest BCUT2D eigenvalue weighted by Crippen LogP contribution is -2.34. The van der Waals surface area contributed by atoms with E-state index >= 15 is 0 Å². The Hall–Kier alpha value is -3.60. The van der Waals surface area contributed by atoms with Crippen LogP contribution in [0.2, 0.25) is 0 Å². The van der Waals surface area contributed by atoms with Crippen molar-refractivity contribution < 1.29 is 22.5 Å². The van der Waals surface area contributed by atoms with Crippen molar-refractivity contribution in [3.05, 3.63) is 78.0 Å². The summed E-state index contributed by atoms with van der Waals surface area (Å²) in [6.45, 7) is 4.63. The van der Waals surface area contributed by atoms with Crippen molar-refractivity contribution in [1.82, 2.24) is 0 Å². The van der Waals surface area contributed by atoms with Crippen LogP contribution in [0.15, 0.2) is 66.9 Å². The average Bonchev–Trinajstić information content (AvgIpc) is 2.79. The molecule has 5 aromatic rings. The van der Waals surface area contributed by atoms with Gasteiger partial charge in [-0.25, -0.2) is 4.57 Å². The van der Waals surface area contributed by atoms with Gasteiger partial charge in [-0.15, -0.1) is 0 Å². The van der Waals surface area contributed by atoms with Gasteiger partial charge < -0.3 is 4.74 Å². The number of rotatable bonds is 2. The van der Waals surface area contributed by atoms with Crippen LogP contribution in [0.25, 0.3) is 43.6 Å². The van der Waals surface area contributed by atoms with Crippen LogP contribution in [-0.4, -0.2) is 6.18 Å². The molecule has 0 radical (unpaired) electrons. The first-order valence-corrected chi connectivity index (χ1v) is 11.7. The third-order valence-corrected chi connectivity index (χ3v) is 7.39. The molecule has 35 heavy (non-hydrogen) atoms. The molecule has 0 saturated carbocycles. The van der Waals surface area contributed by atoms with Gasteiger partial charge in [0.2, 0.25) is 5.69 Å². The van der Waals surface area contributed by atoms with E-state index in [0.29, 0.717) is 5.56 Å². The summed E-state index contributed by atoms with van der Waals surface area (Å²) in [5.74, 6) is 1.55. The summed E-state index contributed by atoms with van der Waals surface area (Å²) in [5.41, 5.74) is 2.18. The number of aryl methyl sites for hydroxylation is 2. The van der Waals surface area contributed by atoms with Gasteiger partial charge in [-0.1, -0.05) is 56.3 Å². The summed E-state index contributed by atoms with van der Waals surface area (Å²) in [6.07, 6.45) is -2.31. The van der Waals surface area contributed by atoms with Crippen LogP contribution in [0.3, 0.4) is 0 Å². The summed E-state index contributed by atoms with van der Waals surface area (Å²) < 4.78 is 49.3. The number of hydrogen-bond acceptors (Lipinski definition) is 1. The highest BCUT2D eigenvalue weighted by molar-refractivity contribution is 6.13. The Morgan fingerprint density at radius 2 is 1.63 bits per heavy atom. The van der Waals surface area contributed by atoms with Gasteiger partial charge in [0.15, 0.2) is 6.20 Å². The van der Waals surface area contributed by atoms with Crippen LogP contribution in [0.1, 0.15) is 25.0 Å². The number of aromatic nitrogens is 1. The molecular weight excluding hydrogens is 447 g/mol. The fraction of sp³-hybridized carbons (Fsp3) is 0.233. The van der Waals surface area contributed by atoms with Gasteiger partial charge in [0.25, 0.3) is 0 Å². The van der Waals surface area contributed by atoms with Crippen molar-refractivity contribution in [2.75, 3.05) is 0 Å². The second-order valence-corrected chi connectivity index (χ2v) is 10.3. The third kappa shape index (κ3) is 3.21. The lowest BCUT2D eigenvalue weighted by Gasteiger charge is -2.28. The molecule has 2 heterocycles. The van der Waals surface area contributed by atoms with E-state index in [9.17, 15) is 13.2 Å². The predicted octanol–water partition coefficient (Wildman–Crippen LogP) is 8.18. The number of ether oxygens (including phenoxy) is 1. The second kappa shape index (κ2) is 7.20. The zero-order valence-electron chi connectivity index (χ0n) is 20.0. The number of alkyl halides is 3. The van der Waals surface area contributed by atoms with E-state index in [2.05, 4.69) is 35.8 Å². The minimum atomic E-state index is -4.27. The smallest absolute Gasteiger partial charge is 0.394 e. The van der Waals surface area contributed by atoms with Crippen LogP contribution in [0, 0.1) is 12.3 Å². The number of benzene rings is 4. The maximum atomic E-state index is 13.5. The molecular formula is C30H25F3NO+. The van der Waals surface area contributed by atoms with E-state index < -0.39 is 11.6 Å². The van der Waals surface area contributed by atoms with Gasteiger partial charge in [0.05, 0.1) is 16.4 Å². The van der Waals surface area contributed by atoms with Crippen molar-refractivity contribution in [2.24, 2.45) is 12.5 Å². The summed E-state index contributed by atoms with van der Waals surface area (Å²) in [6, 6.07) is 20.0. The molecule has 0 N–H and O–H groups in total. The standard InChI is InChI=1S/C30H25F3NO/c1-17-22-8-6-5-7-19(22)15-24-25(17)27-26-20(11-12-34(27)4)14-21-13-18(9-10-23(21)28(26)35-24)16-29(2,3)30(31,32)33/h5-15H,16H2,1-4H3/q+1. The molecule has 0 spiro atoms. The Kier molecular flexibility index (Phi) is 4.51. The van der Waals surface area contributed by atoms with Crippen molar-refractivity contribution in [3.63, 3.8) is 0 Å². The van der Waals surface area contributed by atoms with E-state index in [0.717, 1.165) is 55.3 Å². The van der Waals surface area contributed by atoms with E-state index in [4.69, 9.17) is 4.74 Å². The largest absolute Gasteiger partial charge is 0.455 e. The molecule has 1 aliphatic heterocycles. The van der Waals surface area contributed by atoms with E-state index in [1.54, 1.807) is 6.07 Å². The number of hydrogen-bond donors (Lipinski definition) is 0. The first-order valence-electron chi connectivity index (χ1n) is 11.7. The van der Waals surface area contributed by atoms with E-state index in [1.165, 1.54) is 19.2 Å². The molecule has 0 fully saturated rings. The van der Waals surface area contributed by atoms with Crippen LogP contribution >= 0.6 is 0 Å². The van der Waals surface area contributed by atoms with Crippen molar-refractivity contribution in [1.29, 1.82) is 0 Å². The second-order valence-electron chi connectivity index (χ2n) is 10.3. The first kappa shape index (κ1) is 21.9. The highest BCUT2D eigenvalue weighted by Crippen LogP contribution is 2.51. The fourth-order valence-corrected chi connectivity index (χ4v) is 5.37. The summed E-state index contributed by atoms with van der Waals surface area (Å²) in [4.78, 5) is 0. The lowest BCUT2D eigenvalue weighted by atomic mass is 9.84. The van der Waals surface area contributed by atoms with Crippen LogP contribution in [0.4, 0.5) is 13.2 Å². The highest BCUT2D eigenvalue weighted by atomic mass is 19.4. The molecule has 0 amide bonds. The normalized spacial score (nSPS) is 13.3. The minimum Gasteiger partial charge on any atom is -0.455 e.